The first-order valence-corrected chi connectivity index (χ1v) is 9.18. The average molecular weight is 393 g/mol. The molecule has 0 atom stereocenters. The Morgan fingerprint density at radius 2 is 1.88 bits per heavy atom. The molecule has 0 bridgehead atoms. The highest BCUT2D eigenvalue weighted by Gasteiger charge is 2.22. The minimum absolute atomic E-state index is 0.654. The fourth-order valence-corrected chi connectivity index (χ4v) is 3.71. The number of hydrogen-bond acceptors (Lipinski definition) is 3. The minimum atomic E-state index is 0.654. The molecule has 3 aromatic rings. The van der Waals surface area contributed by atoms with Crippen LogP contribution >= 0.6 is 15.9 Å². The van der Waals surface area contributed by atoms with Crippen molar-refractivity contribution < 1.29 is 0 Å². The smallest absolute Gasteiger partial charge is 0.133 e. The molecule has 0 spiro atoms. The molecule has 124 valence electrons. The van der Waals surface area contributed by atoms with Crippen LogP contribution in [0.2, 0.25) is 0 Å². The minimum Gasteiger partial charge on any atom is -0.370 e. The summed E-state index contributed by atoms with van der Waals surface area (Å²) in [5, 5.41) is 17.5. The highest BCUT2D eigenvalue weighted by Crippen LogP contribution is 2.36. The molecular formula is C20H17BrN4. The zero-order chi connectivity index (χ0) is 17.2. The van der Waals surface area contributed by atoms with Gasteiger partial charge < -0.3 is 5.32 Å². The maximum absolute atomic E-state index is 9.02. The van der Waals surface area contributed by atoms with Gasteiger partial charge in [-0.1, -0.05) is 34.1 Å². The highest BCUT2D eigenvalue weighted by molar-refractivity contribution is 9.10. The molecule has 2 heterocycles. The van der Waals surface area contributed by atoms with E-state index in [1.165, 1.54) is 5.56 Å². The summed E-state index contributed by atoms with van der Waals surface area (Å²) in [5.41, 5.74) is 4.99. The Morgan fingerprint density at radius 3 is 2.64 bits per heavy atom. The second-order valence-electron chi connectivity index (χ2n) is 6.11. The number of anilines is 1. The van der Waals surface area contributed by atoms with E-state index in [0.29, 0.717) is 5.56 Å². The largest absolute Gasteiger partial charge is 0.370 e. The van der Waals surface area contributed by atoms with E-state index < -0.39 is 0 Å². The number of rotatable bonds is 2. The third-order valence-electron chi connectivity index (χ3n) is 4.50. The molecule has 0 saturated heterocycles. The van der Waals surface area contributed by atoms with Crippen LogP contribution < -0.4 is 5.32 Å². The zero-order valence-corrected chi connectivity index (χ0v) is 15.3. The van der Waals surface area contributed by atoms with Crippen LogP contribution in [0.4, 0.5) is 5.82 Å². The predicted octanol–water partition coefficient (Wildman–Crippen LogP) is 4.92. The number of hydrogen-bond donors (Lipinski definition) is 1. The molecule has 1 N–H and O–H groups in total. The van der Waals surface area contributed by atoms with Crippen LogP contribution in [0.15, 0.2) is 53.0 Å². The molecule has 5 heteroatoms. The van der Waals surface area contributed by atoms with Crippen molar-refractivity contribution in [3.05, 3.63) is 64.1 Å². The van der Waals surface area contributed by atoms with Gasteiger partial charge in [0.15, 0.2) is 0 Å². The molecule has 0 unspecified atom stereocenters. The summed E-state index contributed by atoms with van der Waals surface area (Å²) in [5.74, 6) is 1.06. The lowest BCUT2D eigenvalue weighted by Crippen LogP contribution is -2.07. The molecule has 0 amide bonds. The van der Waals surface area contributed by atoms with Crippen molar-refractivity contribution in [1.29, 1.82) is 5.26 Å². The summed E-state index contributed by atoms with van der Waals surface area (Å²) in [6, 6.07) is 17.9. The Balaban J connectivity index is 1.90. The Hall–Kier alpha value is -2.58. The number of halogens is 1. The molecule has 0 radical (unpaired) electrons. The molecule has 1 aliphatic heterocycles. The quantitative estimate of drug-likeness (QED) is 0.672. The number of nitrogens with one attached hydrogen (secondary N) is 1. The van der Waals surface area contributed by atoms with Gasteiger partial charge in [-0.3, -0.25) is 0 Å². The van der Waals surface area contributed by atoms with Crippen molar-refractivity contribution in [1.82, 2.24) is 9.78 Å². The topological polar surface area (TPSA) is 53.6 Å². The van der Waals surface area contributed by atoms with Crippen LogP contribution in [0.3, 0.4) is 0 Å². The van der Waals surface area contributed by atoms with Crippen LogP contribution in [-0.2, 0) is 6.42 Å². The molecule has 4 nitrogen and oxygen atoms in total. The van der Waals surface area contributed by atoms with Crippen LogP contribution in [0.1, 0.15) is 24.0 Å². The van der Waals surface area contributed by atoms with Gasteiger partial charge in [0.25, 0.3) is 0 Å². The third kappa shape index (κ3) is 2.94. The highest BCUT2D eigenvalue weighted by atomic mass is 79.9. The van der Waals surface area contributed by atoms with Gasteiger partial charge in [0.1, 0.15) is 5.82 Å². The van der Waals surface area contributed by atoms with Crippen LogP contribution in [0.5, 0.6) is 0 Å². The summed E-state index contributed by atoms with van der Waals surface area (Å²) in [6.07, 6.45) is 3.31. The van der Waals surface area contributed by atoms with Gasteiger partial charge in [0.2, 0.25) is 0 Å². The first kappa shape index (κ1) is 15.9. The van der Waals surface area contributed by atoms with Gasteiger partial charge in [-0.15, -0.1) is 0 Å². The van der Waals surface area contributed by atoms with Gasteiger partial charge >= 0.3 is 0 Å². The first-order chi connectivity index (χ1) is 12.3. The van der Waals surface area contributed by atoms with Crippen molar-refractivity contribution in [3.8, 4) is 23.0 Å². The van der Waals surface area contributed by atoms with Crippen molar-refractivity contribution in [2.45, 2.75) is 19.3 Å². The van der Waals surface area contributed by atoms with Crippen molar-refractivity contribution in [2.75, 3.05) is 11.9 Å². The fraction of sp³-hybridized carbons (Fsp3) is 0.200. The molecule has 0 aliphatic carbocycles. The zero-order valence-electron chi connectivity index (χ0n) is 13.7. The molecule has 25 heavy (non-hydrogen) atoms. The summed E-state index contributed by atoms with van der Waals surface area (Å²) in [4.78, 5) is 0. The molecular weight excluding hydrogens is 376 g/mol. The monoisotopic (exact) mass is 392 g/mol. The van der Waals surface area contributed by atoms with E-state index in [1.54, 1.807) is 0 Å². The van der Waals surface area contributed by atoms with E-state index in [9.17, 15) is 0 Å². The van der Waals surface area contributed by atoms with Gasteiger partial charge in [-0.2, -0.15) is 10.4 Å². The Kier molecular flexibility index (Phi) is 4.29. The van der Waals surface area contributed by atoms with E-state index in [4.69, 9.17) is 10.4 Å². The molecule has 0 fully saturated rings. The van der Waals surface area contributed by atoms with E-state index >= 15 is 0 Å². The Morgan fingerprint density at radius 1 is 1.08 bits per heavy atom. The Labute approximate surface area is 155 Å². The normalized spacial score (nSPS) is 13.4. The number of nitrogens with zero attached hydrogens (tertiary/aromatic N) is 3. The number of aromatic nitrogens is 2. The second-order valence-corrected chi connectivity index (χ2v) is 6.96. The summed E-state index contributed by atoms with van der Waals surface area (Å²) >= 11 is 3.66. The Bertz CT molecular complexity index is 951. The third-order valence-corrected chi connectivity index (χ3v) is 5.19. The van der Waals surface area contributed by atoms with Gasteiger partial charge in [0, 0.05) is 22.1 Å². The van der Waals surface area contributed by atoms with Crippen molar-refractivity contribution in [3.63, 3.8) is 0 Å². The number of benzene rings is 2. The van der Waals surface area contributed by atoms with E-state index in [0.717, 1.165) is 53.0 Å². The predicted molar refractivity (Wildman–Crippen MR) is 103 cm³/mol. The van der Waals surface area contributed by atoms with E-state index in [2.05, 4.69) is 33.4 Å². The molecule has 2 aromatic carbocycles. The van der Waals surface area contributed by atoms with Gasteiger partial charge in [-0.25, -0.2) is 4.68 Å². The molecule has 1 aromatic heterocycles. The summed E-state index contributed by atoms with van der Waals surface area (Å²) < 4.78 is 3.02. The van der Waals surface area contributed by atoms with Crippen molar-refractivity contribution >= 4 is 21.7 Å². The van der Waals surface area contributed by atoms with Crippen molar-refractivity contribution in [2.24, 2.45) is 0 Å². The fourth-order valence-electron chi connectivity index (χ4n) is 3.24. The van der Waals surface area contributed by atoms with E-state index in [1.807, 2.05) is 47.1 Å². The van der Waals surface area contributed by atoms with Gasteiger partial charge in [0.05, 0.1) is 23.0 Å². The number of nitriles is 1. The average Bonchev–Trinajstić information content (AvgIpc) is 2.83. The van der Waals surface area contributed by atoms with Crippen LogP contribution in [0.25, 0.3) is 16.9 Å². The maximum atomic E-state index is 9.02. The van der Waals surface area contributed by atoms with Crippen LogP contribution in [-0.4, -0.2) is 16.3 Å². The van der Waals surface area contributed by atoms with E-state index in [-0.39, 0.29) is 0 Å². The standard InChI is InChI=1S/C20H17BrN4/c21-18-7-2-1-5-16(18)19-17-6-3-4-12-23-20(17)25(24-19)15-10-8-14(13-22)9-11-15/h1-2,5,7-11,23H,3-4,6,12H2. The maximum Gasteiger partial charge on any atom is 0.133 e. The lowest BCUT2D eigenvalue weighted by atomic mass is 10.0. The van der Waals surface area contributed by atoms with Crippen LogP contribution in [0, 0.1) is 11.3 Å². The first-order valence-electron chi connectivity index (χ1n) is 8.39. The van der Waals surface area contributed by atoms with Gasteiger partial charge in [-0.05, 0) is 49.6 Å². The SMILES string of the molecule is N#Cc1ccc(-n2nc(-c3ccccc3Br)c3c2NCCCC3)cc1. The molecule has 4 rings (SSSR count). The summed E-state index contributed by atoms with van der Waals surface area (Å²) in [7, 11) is 0. The molecule has 0 saturated carbocycles. The summed E-state index contributed by atoms with van der Waals surface area (Å²) in [6.45, 7) is 0.949. The lowest BCUT2D eigenvalue weighted by Gasteiger charge is -2.09. The second kappa shape index (κ2) is 6.73. The molecule has 1 aliphatic rings. The lowest BCUT2D eigenvalue weighted by molar-refractivity contribution is 0.780. The number of fused-ring (bicyclic) bond motifs is 1.